The van der Waals surface area contributed by atoms with Crippen LogP contribution in [0.2, 0.25) is 0 Å². The topological polar surface area (TPSA) is 123 Å². The van der Waals surface area contributed by atoms with E-state index < -0.39 is 6.04 Å². The molecule has 0 spiro atoms. The molecule has 11 heteroatoms. The Labute approximate surface area is 175 Å². The molecule has 0 bridgehead atoms. The molecule has 6 heterocycles. The van der Waals surface area contributed by atoms with E-state index in [9.17, 15) is 4.79 Å². The van der Waals surface area contributed by atoms with Crippen molar-refractivity contribution in [1.29, 1.82) is 0 Å². The number of fused-ring (bicyclic) bond motifs is 2. The molecule has 1 amide bonds. The highest BCUT2D eigenvalue weighted by Gasteiger charge is 2.38. The maximum atomic E-state index is 13.4. The van der Waals surface area contributed by atoms with Gasteiger partial charge in [0.2, 0.25) is 0 Å². The van der Waals surface area contributed by atoms with Crippen LogP contribution in [0, 0.1) is 0 Å². The second kappa shape index (κ2) is 6.62. The number of aromatic nitrogens is 8. The molecule has 11 nitrogen and oxygen atoms in total. The third-order valence-corrected chi connectivity index (χ3v) is 5.41. The second-order valence-corrected chi connectivity index (χ2v) is 7.37. The first-order valence-corrected chi connectivity index (χ1v) is 9.77. The Hall–Kier alpha value is -4.28. The molecular weight excluding hydrogens is 398 g/mol. The van der Waals surface area contributed by atoms with Crippen LogP contribution in [0.15, 0.2) is 53.6 Å². The normalized spacial score (nSPS) is 16.0. The molecule has 0 unspecified atom stereocenters. The lowest BCUT2D eigenvalue weighted by molar-refractivity contribution is 0.0646. The van der Waals surface area contributed by atoms with Gasteiger partial charge in [0.1, 0.15) is 6.04 Å². The maximum absolute atomic E-state index is 13.4. The van der Waals surface area contributed by atoms with Gasteiger partial charge in [0.05, 0.1) is 35.0 Å². The van der Waals surface area contributed by atoms with Crippen molar-refractivity contribution in [2.24, 2.45) is 7.05 Å². The van der Waals surface area contributed by atoms with Crippen molar-refractivity contribution < 1.29 is 9.21 Å². The summed E-state index contributed by atoms with van der Waals surface area (Å²) in [6, 6.07) is 7.32. The number of aromatic amines is 1. The fraction of sp³-hybridized carbons (Fsp3) is 0.200. The van der Waals surface area contributed by atoms with Gasteiger partial charge in [-0.15, -0.1) is 10.2 Å². The number of carbonyl (C=O) groups is 1. The average molecular weight is 415 g/mol. The van der Waals surface area contributed by atoms with Crippen LogP contribution in [0.25, 0.3) is 17.0 Å². The fourth-order valence-electron chi connectivity index (χ4n) is 3.97. The van der Waals surface area contributed by atoms with E-state index in [0.717, 1.165) is 22.6 Å². The summed E-state index contributed by atoms with van der Waals surface area (Å²) < 4.78 is 9.10. The minimum atomic E-state index is -0.462. The molecule has 31 heavy (non-hydrogen) atoms. The molecule has 6 rings (SSSR count). The summed E-state index contributed by atoms with van der Waals surface area (Å²) in [5.41, 5.74) is 4.07. The summed E-state index contributed by atoms with van der Waals surface area (Å²) in [6.07, 6.45) is 7.52. The lowest BCUT2D eigenvalue weighted by atomic mass is 9.99. The lowest BCUT2D eigenvalue weighted by Gasteiger charge is -2.32. The first kappa shape index (κ1) is 17.6. The Kier molecular flexibility index (Phi) is 3.75. The minimum Gasteiger partial charge on any atom is -0.412 e. The Balaban J connectivity index is 1.40. The van der Waals surface area contributed by atoms with Crippen LogP contribution in [0.5, 0.6) is 0 Å². The molecule has 154 valence electrons. The third kappa shape index (κ3) is 2.81. The average Bonchev–Trinajstić information content (AvgIpc) is 3.57. The van der Waals surface area contributed by atoms with Crippen molar-refractivity contribution >= 4 is 11.4 Å². The molecule has 1 atom stereocenters. The van der Waals surface area contributed by atoms with Crippen LogP contribution in [-0.4, -0.2) is 56.9 Å². The van der Waals surface area contributed by atoms with Crippen molar-refractivity contribution in [3.63, 3.8) is 0 Å². The number of H-pyrrole nitrogens is 1. The summed E-state index contributed by atoms with van der Waals surface area (Å²) >= 11 is 0. The van der Waals surface area contributed by atoms with Gasteiger partial charge in [0, 0.05) is 38.1 Å². The van der Waals surface area contributed by atoms with E-state index in [4.69, 9.17) is 4.42 Å². The first-order chi connectivity index (χ1) is 15.2. The third-order valence-electron chi connectivity index (χ3n) is 5.41. The Bertz CT molecular complexity index is 1380. The van der Waals surface area contributed by atoms with Crippen LogP contribution in [-0.2, 0) is 13.5 Å². The number of amides is 1. The number of imidazole rings is 1. The SMILES string of the molecule is Cn1cc(-c2nnc(C(=O)N3CCc4[nH]cnc4[C@H]3c3cc4ccccn4n3)o2)cn1. The quantitative estimate of drug-likeness (QED) is 0.475. The zero-order valence-corrected chi connectivity index (χ0v) is 16.5. The molecule has 0 fully saturated rings. The highest BCUT2D eigenvalue weighted by Crippen LogP contribution is 2.34. The predicted molar refractivity (Wildman–Crippen MR) is 107 cm³/mol. The van der Waals surface area contributed by atoms with Crippen LogP contribution in [0.3, 0.4) is 0 Å². The van der Waals surface area contributed by atoms with E-state index in [2.05, 4.69) is 30.4 Å². The number of nitrogens with one attached hydrogen (secondary N) is 1. The van der Waals surface area contributed by atoms with Crippen LogP contribution in [0.4, 0.5) is 0 Å². The van der Waals surface area contributed by atoms with Crippen LogP contribution in [0.1, 0.15) is 33.8 Å². The Morgan fingerprint density at radius 2 is 2.23 bits per heavy atom. The number of hydrogen-bond acceptors (Lipinski definition) is 7. The molecule has 1 N–H and O–H groups in total. The Morgan fingerprint density at radius 1 is 1.29 bits per heavy atom. The van der Waals surface area contributed by atoms with Gasteiger partial charge in [-0.2, -0.15) is 10.2 Å². The van der Waals surface area contributed by atoms with Gasteiger partial charge >= 0.3 is 11.8 Å². The molecule has 0 radical (unpaired) electrons. The van der Waals surface area contributed by atoms with E-state index in [-0.39, 0.29) is 17.7 Å². The van der Waals surface area contributed by atoms with Gasteiger partial charge in [-0.25, -0.2) is 9.50 Å². The molecule has 1 aliphatic rings. The molecular formula is C20H17N9O2. The van der Waals surface area contributed by atoms with Crippen molar-refractivity contribution in [1.82, 2.24) is 44.5 Å². The van der Waals surface area contributed by atoms with E-state index in [1.165, 1.54) is 0 Å². The molecule has 5 aromatic rings. The fourth-order valence-corrected chi connectivity index (χ4v) is 3.97. The molecule has 0 saturated carbocycles. The van der Waals surface area contributed by atoms with Gasteiger partial charge in [-0.3, -0.25) is 9.48 Å². The van der Waals surface area contributed by atoms with E-state index in [0.29, 0.717) is 18.5 Å². The van der Waals surface area contributed by atoms with E-state index in [1.54, 1.807) is 39.9 Å². The number of pyridine rings is 1. The van der Waals surface area contributed by atoms with Gasteiger partial charge in [-0.05, 0) is 18.2 Å². The number of aryl methyl sites for hydroxylation is 1. The van der Waals surface area contributed by atoms with Gasteiger partial charge in [0.15, 0.2) is 0 Å². The minimum absolute atomic E-state index is 0.0772. The van der Waals surface area contributed by atoms with Crippen molar-refractivity contribution in [2.75, 3.05) is 6.54 Å². The smallest absolute Gasteiger partial charge is 0.312 e. The van der Waals surface area contributed by atoms with Crippen molar-refractivity contribution in [3.8, 4) is 11.5 Å². The van der Waals surface area contributed by atoms with Gasteiger partial charge in [0.25, 0.3) is 5.89 Å². The lowest BCUT2D eigenvalue weighted by Crippen LogP contribution is -2.41. The largest absolute Gasteiger partial charge is 0.412 e. The second-order valence-electron chi connectivity index (χ2n) is 7.37. The molecule has 0 aliphatic carbocycles. The first-order valence-electron chi connectivity index (χ1n) is 9.77. The number of rotatable bonds is 3. The molecule has 0 saturated heterocycles. The zero-order valence-electron chi connectivity index (χ0n) is 16.5. The van der Waals surface area contributed by atoms with Crippen molar-refractivity contribution in [2.45, 2.75) is 12.5 Å². The van der Waals surface area contributed by atoms with Gasteiger partial charge in [-0.1, -0.05) is 6.07 Å². The standard InChI is InChI=1S/C20H17N9O2/c1-27-10-12(9-23-27)18-24-25-19(31-18)20(30)28-7-5-14-16(22-11-21-14)17(28)15-8-13-4-2-3-6-29(13)26-15/h2-4,6,8-11,17H,5,7H2,1H3,(H,21,22)/t17-/m1/s1. The van der Waals surface area contributed by atoms with E-state index in [1.807, 2.05) is 30.5 Å². The molecule has 5 aromatic heterocycles. The van der Waals surface area contributed by atoms with E-state index >= 15 is 0 Å². The van der Waals surface area contributed by atoms with Crippen LogP contribution >= 0.6 is 0 Å². The predicted octanol–water partition coefficient (Wildman–Crippen LogP) is 1.63. The highest BCUT2D eigenvalue weighted by molar-refractivity contribution is 5.90. The summed E-state index contributed by atoms with van der Waals surface area (Å²) in [5.74, 6) is -0.192. The highest BCUT2D eigenvalue weighted by atomic mass is 16.4. The number of hydrogen-bond donors (Lipinski definition) is 1. The monoisotopic (exact) mass is 415 g/mol. The number of carbonyl (C=O) groups excluding carboxylic acids is 1. The molecule has 0 aromatic carbocycles. The van der Waals surface area contributed by atoms with Gasteiger partial charge < -0.3 is 14.3 Å². The number of nitrogens with zero attached hydrogens (tertiary/aromatic N) is 8. The molecule has 1 aliphatic heterocycles. The Morgan fingerprint density at radius 3 is 3.06 bits per heavy atom. The summed E-state index contributed by atoms with van der Waals surface area (Å²) in [5, 5.41) is 16.8. The summed E-state index contributed by atoms with van der Waals surface area (Å²) in [7, 11) is 1.79. The maximum Gasteiger partial charge on any atom is 0.312 e. The van der Waals surface area contributed by atoms with Crippen LogP contribution < -0.4 is 0 Å². The summed E-state index contributed by atoms with van der Waals surface area (Å²) in [4.78, 5) is 22.8. The summed E-state index contributed by atoms with van der Waals surface area (Å²) in [6.45, 7) is 0.469. The zero-order chi connectivity index (χ0) is 20.9. The van der Waals surface area contributed by atoms with Crippen molar-refractivity contribution in [3.05, 3.63) is 72.2 Å².